The summed E-state index contributed by atoms with van der Waals surface area (Å²) in [5.41, 5.74) is 8.38. The molecule has 0 aliphatic carbocycles. The summed E-state index contributed by atoms with van der Waals surface area (Å²) in [6, 6.07) is 11.5. The van der Waals surface area contributed by atoms with Gasteiger partial charge in [0.2, 0.25) is 0 Å². The molecule has 0 spiro atoms. The van der Waals surface area contributed by atoms with Gasteiger partial charge >= 0.3 is 0 Å². The number of rotatable bonds is 4. The maximum absolute atomic E-state index is 5.70. The maximum atomic E-state index is 5.70. The fourth-order valence-corrected chi connectivity index (χ4v) is 2.03. The first kappa shape index (κ1) is 14.3. The molecule has 0 aliphatic rings. The Morgan fingerprint density at radius 1 is 1.30 bits per heavy atom. The third kappa shape index (κ3) is 3.05. The summed E-state index contributed by atoms with van der Waals surface area (Å²) in [4.78, 5) is 6.86. The third-order valence-corrected chi connectivity index (χ3v) is 3.24. The summed E-state index contributed by atoms with van der Waals surface area (Å²) < 4.78 is 5.24. The molecule has 2 N–H and O–H groups in total. The van der Waals surface area contributed by atoms with Gasteiger partial charge in [-0.25, -0.2) is 4.98 Å². The Hall–Kier alpha value is -2.14. The minimum atomic E-state index is 0.371. The number of methoxy groups -OCH3 is 1. The van der Waals surface area contributed by atoms with Crippen LogP contribution in [-0.2, 0) is 0 Å². The van der Waals surface area contributed by atoms with E-state index in [0.717, 1.165) is 28.5 Å². The zero-order valence-electron chi connectivity index (χ0n) is 11.8. The van der Waals surface area contributed by atoms with Crippen molar-refractivity contribution in [3.05, 3.63) is 47.7 Å². The topological polar surface area (TPSA) is 51.4 Å². The van der Waals surface area contributed by atoms with Crippen LogP contribution in [-0.4, -0.2) is 24.1 Å². The van der Waals surface area contributed by atoms with Gasteiger partial charge in [0.25, 0.3) is 0 Å². The lowest BCUT2D eigenvalue weighted by Crippen LogP contribution is -2.15. The van der Waals surface area contributed by atoms with Crippen molar-refractivity contribution < 1.29 is 4.74 Å². The van der Waals surface area contributed by atoms with Gasteiger partial charge in [0.15, 0.2) is 0 Å². The molecule has 0 fully saturated rings. The summed E-state index contributed by atoms with van der Waals surface area (Å²) in [5.74, 6) is 1.60. The molecule has 0 radical (unpaired) electrons. The number of hydrogen-bond donors (Lipinski definition) is 1. The molecule has 0 bridgehead atoms. The largest absolute Gasteiger partial charge is 0.497 e. The summed E-state index contributed by atoms with van der Waals surface area (Å²) in [6.07, 6.45) is 0. The first-order chi connectivity index (χ1) is 9.51. The van der Waals surface area contributed by atoms with Gasteiger partial charge in [-0.15, -0.1) is 0 Å². The number of nitrogens with zero attached hydrogens (tertiary/aromatic N) is 2. The predicted molar refractivity (Wildman–Crippen MR) is 85.9 cm³/mol. The molecule has 0 saturated heterocycles. The van der Waals surface area contributed by atoms with Crippen LogP contribution >= 0.6 is 12.2 Å². The van der Waals surface area contributed by atoms with E-state index in [2.05, 4.69) is 4.98 Å². The Morgan fingerprint density at radius 3 is 2.70 bits per heavy atom. The van der Waals surface area contributed by atoms with Gasteiger partial charge in [-0.05, 0) is 31.2 Å². The fraction of sp³-hybridized carbons (Fsp3) is 0.200. The summed E-state index contributed by atoms with van der Waals surface area (Å²) >= 11 is 5.04. The second kappa shape index (κ2) is 5.88. The van der Waals surface area contributed by atoms with Gasteiger partial charge in [-0.3, -0.25) is 0 Å². The number of hydrogen-bond acceptors (Lipinski definition) is 4. The third-order valence-electron chi connectivity index (χ3n) is 3.01. The first-order valence-electron chi connectivity index (χ1n) is 6.17. The molecule has 0 unspecified atom stereocenters. The highest BCUT2D eigenvalue weighted by atomic mass is 32.1. The Labute approximate surface area is 124 Å². The second-order valence-corrected chi connectivity index (χ2v) is 4.92. The van der Waals surface area contributed by atoms with Crippen molar-refractivity contribution in [2.45, 2.75) is 6.92 Å². The lowest BCUT2D eigenvalue weighted by atomic mass is 10.2. The predicted octanol–water partition coefficient (Wildman–Crippen LogP) is 2.80. The van der Waals surface area contributed by atoms with Crippen molar-refractivity contribution in [2.24, 2.45) is 5.73 Å². The molecular formula is C15H17N3OS. The second-order valence-electron chi connectivity index (χ2n) is 4.48. The van der Waals surface area contributed by atoms with Crippen molar-refractivity contribution in [2.75, 3.05) is 19.1 Å². The number of aromatic nitrogens is 1. The number of benzene rings is 1. The molecule has 0 amide bonds. The van der Waals surface area contributed by atoms with Crippen LogP contribution in [0.1, 0.15) is 11.3 Å². The minimum absolute atomic E-state index is 0.371. The summed E-state index contributed by atoms with van der Waals surface area (Å²) in [7, 11) is 3.59. The molecule has 20 heavy (non-hydrogen) atoms. The quantitative estimate of drug-likeness (QED) is 0.876. The number of ether oxygens (including phenoxy) is 1. The standard InChI is InChI=1S/C15H17N3OS/c1-10-7-11(15(16)20)8-14(17-10)18(2)12-5-4-6-13(9-12)19-3/h4-9H,1-3H3,(H2,16,20). The molecule has 104 valence electrons. The van der Waals surface area contributed by atoms with Crippen LogP contribution in [0.2, 0.25) is 0 Å². The molecule has 0 saturated carbocycles. The van der Waals surface area contributed by atoms with E-state index >= 15 is 0 Å². The van der Waals surface area contributed by atoms with Crippen LogP contribution in [0.3, 0.4) is 0 Å². The molecule has 1 aromatic carbocycles. The molecule has 4 nitrogen and oxygen atoms in total. The molecule has 5 heteroatoms. The molecular weight excluding hydrogens is 270 g/mol. The van der Waals surface area contributed by atoms with Crippen molar-refractivity contribution in [3.8, 4) is 5.75 Å². The van der Waals surface area contributed by atoms with E-state index in [-0.39, 0.29) is 0 Å². The van der Waals surface area contributed by atoms with Gasteiger partial charge in [0.1, 0.15) is 16.6 Å². The molecule has 2 rings (SSSR count). The van der Waals surface area contributed by atoms with E-state index < -0.39 is 0 Å². The number of nitrogens with two attached hydrogens (primary N) is 1. The monoisotopic (exact) mass is 287 g/mol. The van der Waals surface area contributed by atoms with E-state index in [4.69, 9.17) is 22.7 Å². The zero-order valence-corrected chi connectivity index (χ0v) is 12.6. The van der Waals surface area contributed by atoms with Gasteiger partial charge in [0.05, 0.1) is 7.11 Å². The lowest BCUT2D eigenvalue weighted by molar-refractivity contribution is 0.415. The maximum Gasteiger partial charge on any atom is 0.133 e. The van der Waals surface area contributed by atoms with E-state index in [1.807, 2.05) is 55.3 Å². The van der Waals surface area contributed by atoms with Crippen molar-refractivity contribution in [1.29, 1.82) is 0 Å². The van der Waals surface area contributed by atoms with Crippen molar-refractivity contribution in [3.63, 3.8) is 0 Å². The average molecular weight is 287 g/mol. The fourth-order valence-electron chi connectivity index (χ4n) is 1.92. The first-order valence-corrected chi connectivity index (χ1v) is 6.58. The Morgan fingerprint density at radius 2 is 2.05 bits per heavy atom. The van der Waals surface area contributed by atoms with Crippen LogP contribution in [0.25, 0.3) is 0 Å². The summed E-state index contributed by atoms with van der Waals surface area (Å²) in [5, 5.41) is 0. The SMILES string of the molecule is COc1cccc(N(C)c2cc(C(N)=S)cc(C)n2)c1. The van der Waals surface area contributed by atoms with Crippen molar-refractivity contribution >= 4 is 28.7 Å². The van der Waals surface area contributed by atoms with Gasteiger partial charge < -0.3 is 15.4 Å². The number of pyridine rings is 1. The minimum Gasteiger partial charge on any atom is -0.497 e. The number of thiocarbonyl (C=S) groups is 1. The molecule has 0 aliphatic heterocycles. The van der Waals surface area contributed by atoms with E-state index in [9.17, 15) is 0 Å². The van der Waals surface area contributed by atoms with Gasteiger partial charge in [0, 0.05) is 30.1 Å². The smallest absolute Gasteiger partial charge is 0.133 e. The van der Waals surface area contributed by atoms with E-state index in [1.54, 1.807) is 7.11 Å². The zero-order chi connectivity index (χ0) is 14.7. The Bertz CT molecular complexity index is 643. The lowest BCUT2D eigenvalue weighted by Gasteiger charge is -2.20. The highest BCUT2D eigenvalue weighted by Gasteiger charge is 2.09. The van der Waals surface area contributed by atoms with Crippen LogP contribution in [0, 0.1) is 6.92 Å². The molecule has 2 aromatic rings. The van der Waals surface area contributed by atoms with Crippen molar-refractivity contribution in [1.82, 2.24) is 4.98 Å². The highest BCUT2D eigenvalue weighted by molar-refractivity contribution is 7.80. The van der Waals surface area contributed by atoms with Crippen LogP contribution in [0.4, 0.5) is 11.5 Å². The van der Waals surface area contributed by atoms with E-state index in [1.165, 1.54) is 0 Å². The van der Waals surface area contributed by atoms with Crippen LogP contribution in [0.15, 0.2) is 36.4 Å². The highest BCUT2D eigenvalue weighted by Crippen LogP contribution is 2.26. The Balaban J connectivity index is 2.41. The molecule has 0 atom stereocenters. The molecule has 1 heterocycles. The number of aryl methyl sites for hydroxylation is 1. The van der Waals surface area contributed by atoms with E-state index in [0.29, 0.717) is 4.99 Å². The van der Waals surface area contributed by atoms with Crippen LogP contribution < -0.4 is 15.4 Å². The Kier molecular flexibility index (Phi) is 4.20. The van der Waals surface area contributed by atoms with Gasteiger partial charge in [-0.1, -0.05) is 18.3 Å². The molecule has 1 aromatic heterocycles. The summed E-state index contributed by atoms with van der Waals surface area (Å²) in [6.45, 7) is 1.92. The number of anilines is 2. The normalized spacial score (nSPS) is 10.2. The average Bonchev–Trinajstić information content (AvgIpc) is 2.45. The van der Waals surface area contributed by atoms with Crippen LogP contribution in [0.5, 0.6) is 5.75 Å². The van der Waals surface area contributed by atoms with Gasteiger partial charge in [-0.2, -0.15) is 0 Å².